The standard InChI is InChI=1S/2C11H15ClN2O5S/c2*1-14(5-6-19-2)11(15)8-3-4-9(12)10(7-8)20(17,18)13-16/h2*3-4,7,13,16H,5-6H2,1-2H3. The molecule has 0 spiro atoms. The molecular weight excluding hydrogens is 615 g/mol. The number of carbonyl (C=O) groups is 2. The number of amides is 2. The maximum absolute atomic E-state index is 12.1. The third-order valence-electron chi connectivity index (χ3n) is 5.13. The van der Waals surface area contributed by atoms with E-state index in [1.807, 2.05) is 0 Å². The van der Waals surface area contributed by atoms with Crippen LogP contribution in [0.2, 0.25) is 10.0 Å². The second-order valence-electron chi connectivity index (χ2n) is 7.92. The molecule has 2 aromatic carbocycles. The summed E-state index contributed by atoms with van der Waals surface area (Å²) in [6.07, 6.45) is 0. The molecule has 0 saturated heterocycles. The van der Waals surface area contributed by atoms with E-state index in [0.717, 1.165) is 12.1 Å². The molecule has 0 bridgehead atoms. The highest BCUT2D eigenvalue weighted by molar-refractivity contribution is 7.89. The summed E-state index contributed by atoms with van der Waals surface area (Å²) in [6.45, 7) is 1.44. The summed E-state index contributed by atoms with van der Waals surface area (Å²) in [5.41, 5.74) is 0.281. The number of likely N-dealkylation sites (N-methyl/N-ethyl adjacent to an activating group) is 2. The molecule has 0 fully saturated rings. The Morgan fingerprint density at radius 1 is 0.750 bits per heavy atom. The van der Waals surface area contributed by atoms with Crippen molar-refractivity contribution in [2.24, 2.45) is 0 Å². The van der Waals surface area contributed by atoms with E-state index >= 15 is 0 Å². The first-order valence-corrected chi connectivity index (χ1v) is 14.8. The Bertz CT molecular complexity index is 1290. The number of methoxy groups -OCH3 is 2. The number of sulfonamides is 2. The first-order chi connectivity index (χ1) is 18.7. The molecule has 0 aliphatic carbocycles. The third kappa shape index (κ3) is 9.91. The van der Waals surface area contributed by atoms with Gasteiger partial charge in [0.1, 0.15) is 9.79 Å². The Kier molecular flexibility index (Phi) is 14.4. The first-order valence-electron chi connectivity index (χ1n) is 11.1. The van der Waals surface area contributed by atoms with Gasteiger partial charge in [0.25, 0.3) is 31.9 Å². The fraction of sp³-hybridized carbons (Fsp3) is 0.364. The molecule has 40 heavy (non-hydrogen) atoms. The summed E-state index contributed by atoms with van der Waals surface area (Å²) in [5.74, 6) is -0.763. The van der Waals surface area contributed by atoms with Gasteiger partial charge in [-0.3, -0.25) is 9.59 Å². The molecule has 2 amide bonds. The van der Waals surface area contributed by atoms with Crippen molar-refractivity contribution in [3.63, 3.8) is 0 Å². The number of rotatable bonds is 12. The van der Waals surface area contributed by atoms with Crippen molar-refractivity contribution in [2.75, 3.05) is 54.6 Å². The van der Waals surface area contributed by atoms with Crippen molar-refractivity contribution in [1.29, 1.82) is 0 Å². The lowest BCUT2D eigenvalue weighted by molar-refractivity contribution is 0.0738. The summed E-state index contributed by atoms with van der Waals surface area (Å²) in [6, 6.07) is 7.58. The fourth-order valence-corrected chi connectivity index (χ4v) is 5.14. The van der Waals surface area contributed by atoms with Gasteiger partial charge in [-0.2, -0.15) is 0 Å². The van der Waals surface area contributed by atoms with Crippen LogP contribution in [0.25, 0.3) is 0 Å². The molecule has 0 radical (unpaired) electrons. The molecule has 2 rings (SSSR count). The van der Waals surface area contributed by atoms with Gasteiger partial charge in [0.2, 0.25) is 0 Å². The molecule has 4 N–H and O–H groups in total. The predicted molar refractivity (Wildman–Crippen MR) is 145 cm³/mol. The molecule has 14 nitrogen and oxygen atoms in total. The quantitative estimate of drug-likeness (QED) is 0.246. The predicted octanol–water partition coefficient (Wildman–Crippen LogP) is 1.45. The molecule has 0 aromatic heterocycles. The van der Waals surface area contributed by atoms with Gasteiger partial charge in [0.15, 0.2) is 0 Å². The van der Waals surface area contributed by atoms with Crippen LogP contribution in [0.1, 0.15) is 20.7 Å². The average molecular weight is 646 g/mol. The average Bonchev–Trinajstić information content (AvgIpc) is 2.94. The normalized spacial score (nSPS) is 11.4. The molecular formula is C22H30Cl2N4O10S2. The molecule has 2 aromatic rings. The van der Waals surface area contributed by atoms with Crippen molar-refractivity contribution in [3.05, 3.63) is 57.6 Å². The zero-order valence-electron chi connectivity index (χ0n) is 21.9. The molecule has 0 unspecified atom stereocenters. The van der Waals surface area contributed by atoms with Crippen molar-refractivity contribution < 1.29 is 46.3 Å². The molecule has 0 heterocycles. The number of hydrogen-bond acceptors (Lipinski definition) is 10. The van der Waals surface area contributed by atoms with E-state index in [4.69, 9.17) is 43.1 Å². The van der Waals surface area contributed by atoms with Crippen LogP contribution in [-0.2, 0) is 29.5 Å². The fourth-order valence-electron chi connectivity index (χ4n) is 2.88. The van der Waals surface area contributed by atoms with Gasteiger partial charge < -0.3 is 29.7 Å². The Balaban J connectivity index is 0.000000400. The highest BCUT2D eigenvalue weighted by atomic mass is 35.5. The van der Waals surface area contributed by atoms with E-state index < -0.39 is 20.0 Å². The maximum Gasteiger partial charge on any atom is 0.263 e. The Labute approximate surface area is 242 Å². The highest BCUT2D eigenvalue weighted by Crippen LogP contribution is 2.24. The number of nitrogens with zero attached hydrogens (tertiary/aromatic N) is 2. The maximum atomic E-state index is 12.1. The van der Waals surface area contributed by atoms with Crippen molar-refractivity contribution in [3.8, 4) is 0 Å². The molecule has 0 atom stereocenters. The molecule has 0 aliphatic rings. The second-order valence-corrected chi connectivity index (χ2v) is 12.0. The van der Waals surface area contributed by atoms with Crippen LogP contribution < -0.4 is 9.77 Å². The van der Waals surface area contributed by atoms with Gasteiger partial charge >= 0.3 is 0 Å². The van der Waals surface area contributed by atoms with Gasteiger partial charge in [0.05, 0.1) is 23.3 Å². The van der Waals surface area contributed by atoms with E-state index in [1.165, 1.54) is 58.1 Å². The van der Waals surface area contributed by atoms with E-state index in [9.17, 15) is 26.4 Å². The summed E-state index contributed by atoms with van der Waals surface area (Å²) < 4.78 is 55.9. The largest absolute Gasteiger partial charge is 0.383 e. The summed E-state index contributed by atoms with van der Waals surface area (Å²) in [4.78, 5) is 28.5. The van der Waals surface area contributed by atoms with E-state index in [1.54, 1.807) is 14.1 Å². The van der Waals surface area contributed by atoms with Gasteiger partial charge in [-0.15, -0.1) is 0 Å². The first kappa shape index (κ1) is 35.6. The minimum absolute atomic E-state index is 0.0948. The Hall–Kier alpha value is -2.38. The summed E-state index contributed by atoms with van der Waals surface area (Å²) >= 11 is 11.5. The number of benzene rings is 2. The van der Waals surface area contributed by atoms with Crippen LogP contribution >= 0.6 is 23.2 Å². The van der Waals surface area contributed by atoms with Gasteiger partial charge in [-0.25, -0.2) is 16.8 Å². The van der Waals surface area contributed by atoms with Crippen molar-refractivity contribution >= 4 is 55.1 Å². The molecule has 0 aliphatic heterocycles. The second kappa shape index (κ2) is 16.2. The van der Waals surface area contributed by atoms with Crippen LogP contribution in [0.3, 0.4) is 0 Å². The van der Waals surface area contributed by atoms with Gasteiger partial charge in [0, 0.05) is 52.5 Å². The topological polar surface area (TPSA) is 192 Å². The highest BCUT2D eigenvalue weighted by Gasteiger charge is 2.22. The van der Waals surface area contributed by atoms with Crippen LogP contribution in [0.4, 0.5) is 0 Å². The zero-order chi connectivity index (χ0) is 30.7. The van der Waals surface area contributed by atoms with E-state index in [-0.39, 0.29) is 42.8 Å². The van der Waals surface area contributed by atoms with E-state index in [2.05, 4.69) is 0 Å². The van der Waals surface area contributed by atoms with Crippen molar-refractivity contribution in [1.82, 2.24) is 19.6 Å². The number of halogens is 2. The monoisotopic (exact) mass is 644 g/mol. The van der Waals surface area contributed by atoms with Crippen LogP contribution in [0, 0.1) is 0 Å². The third-order valence-corrected chi connectivity index (χ3v) is 8.33. The number of hydrogen-bond donors (Lipinski definition) is 4. The number of ether oxygens (including phenoxy) is 2. The molecule has 224 valence electrons. The molecule has 18 heteroatoms. The Morgan fingerprint density at radius 2 is 1.07 bits per heavy atom. The Morgan fingerprint density at radius 3 is 1.35 bits per heavy atom. The van der Waals surface area contributed by atoms with Gasteiger partial charge in [-0.1, -0.05) is 33.0 Å². The summed E-state index contributed by atoms with van der Waals surface area (Å²) in [7, 11) is -2.15. The van der Waals surface area contributed by atoms with Crippen molar-refractivity contribution in [2.45, 2.75) is 9.79 Å². The minimum Gasteiger partial charge on any atom is -0.383 e. The smallest absolute Gasteiger partial charge is 0.263 e. The van der Waals surface area contributed by atoms with Gasteiger partial charge in [-0.05, 0) is 36.4 Å². The SMILES string of the molecule is COCCN(C)C(=O)c1ccc(Cl)c(S(=O)(=O)NO)c1.COCCN(C)C(=O)c1ccc(Cl)c(S(=O)(=O)NO)c1. The number of nitrogens with one attached hydrogen (secondary N) is 2. The minimum atomic E-state index is -4.15. The molecule has 0 saturated carbocycles. The van der Waals surface area contributed by atoms with Crippen LogP contribution in [0.15, 0.2) is 46.2 Å². The lowest BCUT2D eigenvalue weighted by Gasteiger charge is -2.17. The number of carbonyl (C=O) groups excluding carboxylic acids is 2. The van der Waals surface area contributed by atoms with E-state index in [0.29, 0.717) is 26.3 Å². The zero-order valence-corrected chi connectivity index (χ0v) is 25.1. The van der Waals surface area contributed by atoms with Crippen LogP contribution in [-0.4, -0.2) is 103 Å². The van der Waals surface area contributed by atoms with Crippen LogP contribution in [0.5, 0.6) is 0 Å². The lowest BCUT2D eigenvalue weighted by Crippen LogP contribution is -2.30. The lowest BCUT2D eigenvalue weighted by atomic mass is 10.2. The summed E-state index contributed by atoms with van der Waals surface area (Å²) in [5, 5.41) is 17.0.